The van der Waals surface area contributed by atoms with E-state index in [4.69, 9.17) is 10.6 Å². The van der Waals surface area contributed by atoms with E-state index in [1.807, 2.05) is 46.6 Å². The van der Waals surface area contributed by atoms with Gasteiger partial charge in [0.05, 0.1) is 17.9 Å². The van der Waals surface area contributed by atoms with E-state index in [-0.39, 0.29) is 28.9 Å². The van der Waals surface area contributed by atoms with Crippen molar-refractivity contribution in [3.63, 3.8) is 0 Å². The number of fused-ring (bicyclic) bond motifs is 2. The number of hydrogen-bond donors (Lipinski definition) is 2. The van der Waals surface area contributed by atoms with Crippen LogP contribution < -0.4 is 20.7 Å². The van der Waals surface area contributed by atoms with Crippen molar-refractivity contribution in [3.05, 3.63) is 53.5 Å². The highest BCUT2D eigenvalue weighted by molar-refractivity contribution is 8.00. The van der Waals surface area contributed by atoms with Crippen LogP contribution in [0, 0.1) is 6.92 Å². The van der Waals surface area contributed by atoms with Gasteiger partial charge in [0.1, 0.15) is 24.0 Å². The van der Waals surface area contributed by atoms with Crippen LogP contribution in [0.5, 0.6) is 0 Å². The lowest BCUT2D eigenvalue weighted by atomic mass is 10.0. The Hall–Kier alpha value is -3.98. The van der Waals surface area contributed by atoms with Gasteiger partial charge in [0, 0.05) is 36.0 Å². The van der Waals surface area contributed by atoms with Gasteiger partial charge in [-0.15, -0.1) is 11.8 Å². The topological polar surface area (TPSA) is 171 Å². The quantitative estimate of drug-likeness (QED) is 0.159. The Kier molecular flexibility index (Phi) is 6.09. The molecule has 3 aromatic rings. The van der Waals surface area contributed by atoms with Gasteiger partial charge in [0.25, 0.3) is 11.8 Å². The molecule has 186 valence electrons. The fourth-order valence-corrected chi connectivity index (χ4v) is 6.00. The Bertz CT molecular complexity index is 1460. The summed E-state index contributed by atoms with van der Waals surface area (Å²) in [6, 6.07) is 2.92. The molecule has 0 bridgehead atoms. The number of carboxylic acids is 1. The second kappa shape index (κ2) is 9.23. The monoisotopic (exact) mass is 528 g/mol. The summed E-state index contributed by atoms with van der Waals surface area (Å²) in [4.78, 5) is 47.8. The van der Waals surface area contributed by atoms with E-state index in [1.54, 1.807) is 0 Å². The Morgan fingerprint density at radius 3 is 2.92 bits per heavy atom. The molecule has 0 saturated carbocycles. The van der Waals surface area contributed by atoms with Crippen LogP contribution in [0.2, 0.25) is 0 Å². The van der Waals surface area contributed by atoms with Crippen LogP contribution in [0.4, 0.5) is 5.13 Å². The number of nitrogen functional groups attached to an aromatic ring is 1. The number of aliphatic carboxylic acids is 1. The maximum Gasteiger partial charge on any atom is 0.278 e. The number of oxime groups is 1. The molecule has 2 atom stereocenters. The molecule has 15 heteroatoms. The summed E-state index contributed by atoms with van der Waals surface area (Å²) in [5, 5.41) is 17.9. The first kappa shape index (κ1) is 23.7. The summed E-state index contributed by atoms with van der Waals surface area (Å²) >= 11 is 2.23. The van der Waals surface area contributed by atoms with Crippen LogP contribution in [-0.2, 0) is 25.8 Å². The molecule has 1 saturated heterocycles. The van der Waals surface area contributed by atoms with Crippen molar-refractivity contribution in [1.82, 2.24) is 24.0 Å². The number of carbonyl (C=O) groups excluding carboxylic acids is 3. The molecule has 0 aliphatic carbocycles. The highest BCUT2D eigenvalue weighted by Crippen LogP contribution is 2.40. The lowest BCUT2D eigenvalue weighted by molar-refractivity contribution is -0.694. The number of nitrogens with one attached hydrogen (secondary N) is 1. The molecule has 3 aromatic heterocycles. The first-order valence-corrected chi connectivity index (χ1v) is 12.5. The lowest BCUT2D eigenvalue weighted by Gasteiger charge is -2.50. The predicted molar refractivity (Wildman–Crippen MR) is 127 cm³/mol. The third-order valence-electron chi connectivity index (χ3n) is 5.93. The summed E-state index contributed by atoms with van der Waals surface area (Å²) in [5.74, 6) is -2.46. The van der Waals surface area contributed by atoms with Crippen LogP contribution in [0.1, 0.15) is 11.5 Å². The van der Waals surface area contributed by atoms with Crippen LogP contribution in [0.15, 0.2) is 47.1 Å². The molecule has 2 amide bonds. The summed E-state index contributed by atoms with van der Waals surface area (Å²) in [6.07, 6.45) is 5.66. The first-order valence-electron chi connectivity index (χ1n) is 10.7. The highest BCUT2D eigenvalue weighted by atomic mass is 32.2. The first-order chi connectivity index (χ1) is 17.3. The molecule has 3 N–H and O–H groups in total. The van der Waals surface area contributed by atoms with Crippen LogP contribution in [0.25, 0.3) is 5.52 Å². The zero-order valence-electron chi connectivity index (χ0n) is 19.1. The summed E-state index contributed by atoms with van der Waals surface area (Å²) in [7, 11) is 1.25. The van der Waals surface area contributed by atoms with E-state index in [0.717, 1.165) is 22.7 Å². The number of carbonyl (C=O) groups is 3. The Morgan fingerprint density at radius 2 is 2.22 bits per heavy atom. The maximum absolute atomic E-state index is 13.0. The van der Waals surface area contributed by atoms with Crippen molar-refractivity contribution < 1.29 is 28.9 Å². The van der Waals surface area contributed by atoms with Gasteiger partial charge in [-0.2, -0.15) is 13.9 Å². The molecule has 1 fully saturated rings. The number of nitrogens with zero attached hydrogens (tertiary/aromatic N) is 6. The summed E-state index contributed by atoms with van der Waals surface area (Å²) in [6.45, 7) is 2.22. The average Bonchev–Trinajstić information content (AvgIpc) is 3.51. The number of carboxylic acid groups (broad SMARTS) is 1. The molecule has 0 unspecified atom stereocenters. The summed E-state index contributed by atoms with van der Waals surface area (Å²) < 4.78 is 7.85. The van der Waals surface area contributed by atoms with Crippen molar-refractivity contribution in [2.24, 2.45) is 5.16 Å². The van der Waals surface area contributed by atoms with E-state index in [1.165, 1.54) is 23.8 Å². The molecule has 5 rings (SSSR count). The minimum atomic E-state index is -1.45. The SMILES string of the molecule is CO/N=C(\C(=O)N[C@@H]1C(=O)N2C(C(=O)[O-])=C(C[n+]3ccn4cccc4c3C)CS[C@H]12)c1nsc(N)n1. The number of β-lactam (4-membered cyclic amide) rings is 1. The van der Waals surface area contributed by atoms with Crippen molar-refractivity contribution in [3.8, 4) is 0 Å². The number of amides is 2. The van der Waals surface area contributed by atoms with E-state index in [2.05, 4.69) is 19.8 Å². The largest absolute Gasteiger partial charge is 0.543 e. The Labute approximate surface area is 212 Å². The number of rotatable bonds is 7. The van der Waals surface area contributed by atoms with E-state index < -0.39 is 29.2 Å². The maximum atomic E-state index is 13.0. The van der Waals surface area contributed by atoms with Gasteiger partial charge in [-0.05, 0) is 12.1 Å². The van der Waals surface area contributed by atoms with Crippen molar-refractivity contribution in [2.75, 3.05) is 18.6 Å². The molecule has 2 aliphatic rings. The van der Waals surface area contributed by atoms with Gasteiger partial charge in [-0.1, -0.05) is 5.16 Å². The minimum absolute atomic E-state index is 0.0401. The minimum Gasteiger partial charge on any atom is -0.543 e. The predicted octanol–water partition coefficient (Wildman–Crippen LogP) is -1.58. The van der Waals surface area contributed by atoms with Gasteiger partial charge in [0.15, 0.2) is 17.9 Å². The molecule has 0 radical (unpaired) electrons. The average molecular weight is 529 g/mol. The number of thioether (sulfide) groups is 1. The van der Waals surface area contributed by atoms with Gasteiger partial charge in [-0.25, -0.2) is 0 Å². The smallest absolute Gasteiger partial charge is 0.278 e. The number of aromatic nitrogens is 4. The zero-order chi connectivity index (χ0) is 25.6. The van der Waals surface area contributed by atoms with Crippen molar-refractivity contribution >= 4 is 57.4 Å². The number of anilines is 1. The Balaban J connectivity index is 1.38. The van der Waals surface area contributed by atoms with Crippen LogP contribution >= 0.6 is 23.3 Å². The van der Waals surface area contributed by atoms with E-state index >= 15 is 0 Å². The second-order valence-corrected chi connectivity index (χ2v) is 9.88. The molecule has 5 heterocycles. The number of hydrogen-bond acceptors (Lipinski definition) is 11. The number of aryl methyl sites for hydroxylation is 1. The fourth-order valence-electron chi connectivity index (χ4n) is 4.23. The third kappa shape index (κ3) is 3.95. The number of nitrogens with two attached hydrogens (primary N) is 1. The van der Waals surface area contributed by atoms with Gasteiger partial charge >= 0.3 is 0 Å². The summed E-state index contributed by atoms with van der Waals surface area (Å²) in [5.41, 5.74) is 7.65. The lowest BCUT2D eigenvalue weighted by Crippen LogP contribution is -2.71. The molecular weight excluding hydrogens is 508 g/mol. The van der Waals surface area contributed by atoms with Gasteiger partial charge in [0.2, 0.25) is 17.2 Å². The van der Waals surface area contributed by atoms with Crippen molar-refractivity contribution in [1.29, 1.82) is 0 Å². The molecule has 0 spiro atoms. The zero-order valence-corrected chi connectivity index (χ0v) is 20.7. The molecule has 13 nitrogen and oxygen atoms in total. The van der Waals surface area contributed by atoms with Gasteiger partial charge < -0.3 is 30.2 Å². The third-order valence-corrected chi connectivity index (χ3v) is 7.81. The Morgan fingerprint density at radius 1 is 1.42 bits per heavy atom. The highest BCUT2D eigenvalue weighted by Gasteiger charge is 2.53. The molecule has 2 aliphatic heterocycles. The van der Waals surface area contributed by atoms with Gasteiger partial charge in [-0.3, -0.25) is 14.5 Å². The standard InChI is InChI=1S/C21H20N8O5S2/c1-10-12-4-3-5-27(12)6-7-28(10)8-11-9-35-19-14(18(31)29(19)15(11)20(32)33)23-17(30)13(25-34-2)16-24-21(22)36-26-16/h3-7,14,19H,8-9H2,1-2H3,(H3-,22,23,24,26,30,32,33)/b25-13-/t14-,19-/m1/s1. The van der Waals surface area contributed by atoms with E-state index in [9.17, 15) is 19.5 Å². The molecule has 36 heavy (non-hydrogen) atoms. The van der Waals surface area contributed by atoms with Crippen LogP contribution in [-0.4, -0.2) is 66.4 Å². The van der Waals surface area contributed by atoms with Crippen LogP contribution in [0.3, 0.4) is 0 Å². The normalized spacial score (nSPS) is 19.8. The van der Waals surface area contributed by atoms with E-state index in [0.29, 0.717) is 11.3 Å². The van der Waals surface area contributed by atoms with Crippen molar-refractivity contribution in [2.45, 2.75) is 24.9 Å². The molecule has 0 aromatic carbocycles. The molecular formula is C21H20N8O5S2. The fraction of sp³-hybridized carbons (Fsp3) is 0.286. The second-order valence-electron chi connectivity index (χ2n) is 7.99.